The topological polar surface area (TPSA) is 69.4 Å². The number of ether oxygens (including phenoxy) is 2. The zero-order valence-corrected chi connectivity index (χ0v) is 11.9. The van der Waals surface area contributed by atoms with Crippen LogP contribution in [0.4, 0.5) is 19.0 Å². The summed E-state index contributed by atoms with van der Waals surface area (Å²) in [5.41, 5.74) is 2.35. The molecule has 0 unspecified atom stereocenters. The highest BCUT2D eigenvalue weighted by Crippen LogP contribution is 2.34. The normalized spacial score (nSPS) is 11.1. The predicted octanol–water partition coefficient (Wildman–Crippen LogP) is 3.82. The van der Waals surface area contributed by atoms with Gasteiger partial charge in [0.15, 0.2) is 0 Å². The van der Waals surface area contributed by atoms with E-state index >= 15 is 0 Å². The molecule has 21 heavy (non-hydrogen) atoms. The molecular formula is C12H9BrF3N3O2. The third-order valence-electron chi connectivity index (χ3n) is 2.22. The van der Waals surface area contributed by atoms with E-state index < -0.39 is 6.36 Å². The highest BCUT2D eigenvalue weighted by molar-refractivity contribution is 9.10. The third-order valence-corrected chi connectivity index (χ3v) is 2.84. The van der Waals surface area contributed by atoms with Crippen molar-refractivity contribution in [1.82, 2.24) is 4.98 Å². The highest BCUT2D eigenvalue weighted by Gasteiger charge is 2.32. The summed E-state index contributed by atoms with van der Waals surface area (Å²) in [6, 6.07) is 8.67. The van der Waals surface area contributed by atoms with Gasteiger partial charge in [-0.2, -0.15) is 4.98 Å². The van der Waals surface area contributed by atoms with Crippen molar-refractivity contribution in [2.75, 3.05) is 5.43 Å². The van der Waals surface area contributed by atoms with Crippen molar-refractivity contribution in [2.45, 2.75) is 6.36 Å². The lowest BCUT2D eigenvalue weighted by atomic mass is 10.3. The smallest absolute Gasteiger partial charge is 0.439 e. The van der Waals surface area contributed by atoms with Crippen LogP contribution < -0.4 is 20.7 Å². The van der Waals surface area contributed by atoms with Crippen molar-refractivity contribution in [3.63, 3.8) is 0 Å². The Morgan fingerprint density at radius 1 is 1.19 bits per heavy atom. The summed E-state index contributed by atoms with van der Waals surface area (Å²) in [5, 5.41) is 0. The number of anilines is 1. The van der Waals surface area contributed by atoms with Crippen LogP contribution in [0.25, 0.3) is 0 Å². The highest BCUT2D eigenvalue weighted by atomic mass is 79.9. The molecule has 112 valence electrons. The van der Waals surface area contributed by atoms with Crippen molar-refractivity contribution < 1.29 is 22.6 Å². The number of nitrogens with two attached hydrogens (primary N) is 1. The summed E-state index contributed by atoms with van der Waals surface area (Å²) in [6.07, 6.45) is -4.76. The summed E-state index contributed by atoms with van der Waals surface area (Å²) in [7, 11) is 0. The van der Waals surface area contributed by atoms with Crippen LogP contribution in [0.3, 0.4) is 0 Å². The van der Waals surface area contributed by atoms with Gasteiger partial charge in [-0.05, 0) is 40.2 Å². The van der Waals surface area contributed by atoms with Gasteiger partial charge < -0.3 is 14.9 Å². The van der Waals surface area contributed by atoms with Gasteiger partial charge in [0, 0.05) is 6.07 Å². The maximum Gasteiger partial charge on any atom is 0.573 e. The number of pyridine rings is 1. The first-order valence-electron chi connectivity index (χ1n) is 5.54. The van der Waals surface area contributed by atoms with Crippen molar-refractivity contribution in [3.8, 4) is 17.4 Å². The van der Waals surface area contributed by atoms with Crippen LogP contribution in [-0.2, 0) is 0 Å². The van der Waals surface area contributed by atoms with E-state index in [0.717, 1.165) is 6.07 Å². The molecule has 5 nitrogen and oxygen atoms in total. The Bertz CT molecular complexity index is 637. The van der Waals surface area contributed by atoms with Crippen LogP contribution in [0.2, 0.25) is 0 Å². The molecule has 0 aliphatic heterocycles. The van der Waals surface area contributed by atoms with Crippen molar-refractivity contribution >= 4 is 21.7 Å². The average molecular weight is 364 g/mol. The number of aromatic nitrogens is 1. The van der Waals surface area contributed by atoms with E-state index in [2.05, 4.69) is 31.1 Å². The minimum absolute atomic E-state index is 0.102. The molecule has 1 heterocycles. The Morgan fingerprint density at radius 3 is 2.57 bits per heavy atom. The number of nitrogen functional groups attached to an aromatic ring is 1. The maximum atomic E-state index is 12.1. The van der Waals surface area contributed by atoms with Crippen LogP contribution in [-0.4, -0.2) is 11.3 Å². The molecular weight excluding hydrogens is 355 g/mol. The SMILES string of the molecule is NNc1cccc(Oc2ccc(OC(F)(F)F)c(Br)c2)n1. The zero-order valence-electron chi connectivity index (χ0n) is 10.3. The van der Waals surface area contributed by atoms with Gasteiger partial charge in [0.05, 0.1) is 4.47 Å². The van der Waals surface area contributed by atoms with Crippen LogP contribution in [0.1, 0.15) is 0 Å². The summed E-state index contributed by atoms with van der Waals surface area (Å²) in [5.74, 6) is 5.78. The molecule has 0 spiro atoms. The van der Waals surface area contributed by atoms with E-state index in [1.54, 1.807) is 18.2 Å². The van der Waals surface area contributed by atoms with Crippen LogP contribution in [0, 0.1) is 0 Å². The minimum atomic E-state index is -4.76. The second kappa shape index (κ2) is 6.19. The molecule has 0 saturated carbocycles. The van der Waals surface area contributed by atoms with Gasteiger partial charge in [-0.15, -0.1) is 13.2 Å². The number of nitrogens with zero attached hydrogens (tertiary/aromatic N) is 1. The standard InChI is InChI=1S/C12H9BrF3N3O2/c13-8-6-7(4-5-9(8)21-12(14,15)16)20-11-3-1-2-10(18-11)19-17/h1-6H,17H2,(H,18,19). The van der Waals surface area contributed by atoms with Gasteiger partial charge in [0.1, 0.15) is 17.3 Å². The summed E-state index contributed by atoms with van der Waals surface area (Å²) in [4.78, 5) is 4.01. The van der Waals surface area contributed by atoms with Crippen LogP contribution >= 0.6 is 15.9 Å². The maximum absolute atomic E-state index is 12.1. The molecule has 0 aliphatic rings. The molecule has 0 atom stereocenters. The summed E-state index contributed by atoms with van der Waals surface area (Å²) < 4.78 is 45.8. The van der Waals surface area contributed by atoms with Crippen molar-refractivity contribution in [1.29, 1.82) is 0 Å². The lowest BCUT2D eigenvalue weighted by Gasteiger charge is -2.12. The fourth-order valence-electron chi connectivity index (χ4n) is 1.43. The Hall–Kier alpha value is -2.00. The summed E-state index contributed by atoms with van der Waals surface area (Å²) in [6.45, 7) is 0. The zero-order chi connectivity index (χ0) is 15.5. The number of hydrazine groups is 1. The first kappa shape index (κ1) is 15.4. The van der Waals surface area contributed by atoms with E-state index in [1.165, 1.54) is 12.1 Å². The fourth-order valence-corrected chi connectivity index (χ4v) is 1.86. The number of hydrogen-bond donors (Lipinski definition) is 2. The number of hydrogen-bond acceptors (Lipinski definition) is 5. The van der Waals surface area contributed by atoms with Gasteiger partial charge in [-0.1, -0.05) is 6.07 Å². The monoisotopic (exact) mass is 363 g/mol. The molecule has 3 N–H and O–H groups in total. The first-order chi connectivity index (χ1) is 9.87. The fraction of sp³-hybridized carbons (Fsp3) is 0.0833. The lowest BCUT2D eigenvalue weighted by Crippen LogP contribution is -2.17. The van der Waals surface area contributed by atoms with Gasteiger partial charge in [-0.3, -0.25) is 0 Å². The number of alkyl halides is 3. The van der Waals surface area contributed by atoms with Crippen molar-refractivity contribution in [3.05, 3.63) is 40.9 Å². The van der Waals surface area contributed by atoms with E-state index in [0.29, 0.717) is 5.82 Å². The number of halogens is 4. The molecule has 2 aromatic rings. The second-order valence-corrected chi connectivity index (χ2v) is 4.60. The molecule has 2 rings (SSSR count). The average Bonchev–Trinajstić information content (AvgIpc) is 2.41. The first-order valence-corrected chi connectivity index (χ1v) is 6.33. The largest absolute Gasteiger partial charge is 0.573 e. The number of nitrogens with one attached hydrogen (secondary N) is 1. The van der Waals surface area contributed by atoms with E-state index in [9.17, 15) is 13.2 Å². The quantitative estimate of drug-likeness (QED) is 0.638. The van der Waals surface area contributed by atoms with Crippen LogP contribution in [0.15, 0.2) is 40.9 Å². The molecule has 0 saturated heterocycles. The number of benzene rings is 1. The molecule has 9 heteroatoms. The second-order valence-electron chi connectivity index (χ2n) is 3.75. The Balaban J connectivity index is 2.16. The lowest BCUT2D eigenvalue weighted by molar-refractivity contribution is -0.274. The Kier molecular flexibility index (Phi) is 4.53. The molecule has 0 fully saturated rings. The predicted molar refractivity (Wildman–Crippen MR) is 72.9 cm³/mol. The number of rotatable bonds is 4. The summed E-state index contributed by atoms with van der Waals surface area (Å²) >= 11 is 2.98. The van der Waals surface area contributed by atoms with E-state index in [-0.39, 0.29) is 21.9 Å². The van der Waals surface area contributed by atoms with Gasteiger partial charge in [-0.25, -0.2) is 5.84 Å². The molecule has 1 aromatic carbocycles. The minimum Gasteiger partial charge on any atom is -0.439 e. The van der Waals surface area contributed by atoms with Gasteiger partial charge in [0.25, 0.3) is 0 Å². The molecule has 1 aromatic heterocycles. The van der Waals surface area contributed by atoms with E-state index in [1.807, 2.05) is 0 Å². The molecule has 0 bridgehead atoms. The third kappa shape index (κ3) is 4.50. The Morgan fingerprint density at radius 2 is 1.95 bits per heavy atom. The van der Waals surface area contributed by atoms with Crippen LogP contribution in [0.5, 0.6) is 17.4 Å². The van der Waals surface area contributed by atoms with E-state index in [4.69, 9.17) is 10.6 Å². The van der Waals surface area contributed by atoms with Gasteiger partial charge >= 0.3 is 6.36 Å². The van der Waals surface area contributed by atoms with Gasteiger partial charge in [0.2, 0.25) is 5.88 Å². The van der Waals surface area contributed by atoms with Crippen molar-refractivity contribution in [2.24, 2.45) is 5.84 Å². The molecule has 0 aliphatic carbocycles. The Labute approximate surface area is 126 Å². The molecule has 0 amide bonds. The molecule has 0 radical (unpaired) electrons.